The van der Waals surface area contributed by atoms with Crippen LogP contribution in [0.25, 0.3) is 0 Å². The van der Waals surface area contributed by atoms with Crippen LogP contribution in [0.3, 0.4) is 0 Å². The maximum atomic E-state index is 13.0. The summed E-state index contributed by atoms with van der Waals surface area (Å²) < 4.78 is 68.3. The Balaban J connectivity index is 5.25. The average molecular weight is 1310 g/mol. The molecule has 17 nitrogen and oxygen atoms in total. The fourth-order valence-electron chi connectivity index (χ4n) is 10.5. The van der Waals surface area contributed by atoms with Crippen molar-refractivity contribution in [1.82, 2.24) is 0 Å². The molecule has 0 saturated carbocycles. The minimum atomic E-state index is -4.95. The first-order chi connectivity index (χ1) is 42.6. The molecule has 3 N–H and O–H groups in total. The van der Waals surface area contributed by atoms with Gasteiger partial charge in [-0.3, -0.25) is 37.3 Å². The molecule has 0 spiro atoms. The van der Waals surface area contributed by atoms with Crippen LogP contribution in [0.2, 0.25) is 0 Å². The molecule has 0 aromatic rings. The van der Waals surface area contributed by atoms with Crippen LogP contribution in [0.4, 0.5) is 0 Å². The van der Waals surface area contributed by atoms with E-state index in [2.05, 4.69) is 55.4 Å². The summed E-state index contributed by atoms with van der Waals surface area (Å²) in [4.78, 5) is 72.5. The van der Waals surface area contributed by atoms with Crippen LogP contribution in [0.15, 0.2) is 0 Å². The molecule has 19 heteroatoms. The number of phosphoric ester groups is 2. The summed E-state index contributed by atoms with van der Waals surface area (Å²) in [7, 11) is -9.90. The smallest absolute Gasteiger partial charge is 0.462 e. The molecule has 0 aliphatic carbocycles. The number of hydrogen-bond donors (Lipinski definition) is 3. The van der Waals surface area contributed by atoms with Crippen molar-refractivity contribution in [3.8, 4) is 0 Å². The second kappa shape index (κ2) is 59.8. The Kier molecular flexibility index (Phi) is 58.5. The van der Waals surface area contributed by atoms with E-state index < -0.39 is 97.5 Å². The lowest BCUT2D eigenvalue weighted by atomic mass is 9.99. The van der Waals surface area contributed by atoms with Crippen LogP contribution in [-0.4, -0.2) is 96.7 Å². The van der Waals surface area contributed by atoms with E-state index in [9.17, 15) is 43.2 Å². The highest BCUT2D eigenvalue weighted by molar-refractivity contribution is 7.47. The topological polar surface area (TPSA) is 237 Å². The number of phosphoric acid groups is 2. The zero-order valence-corrected chi connectivity index (χ0v) is 59.8. The Bertz CT molecular complexity index is 1770. The molecule has 0 fully saturated rings. The average Bonchev–Trinajstić information content (AvgIpc) is 3.63. The zero-order valence-electron chi connectivity index (χ0n) is 58.1. The number of ether oxygens (including phenoxy) is 4. The van der Waals surface area contributed by atoms with E-state index in [4.69, 9.17) is 37.0 Å². The third-order valence-electron chi connectivity index (χ3n) is 16.4. The van der Waals surface area contributed by atoms with Gasteiger partial charge in [-0.25, -0.2) is 9.13 Å². The van der Waals surface area contributed by atoms with Crippen molar-refractivity contribution in [2.45, 2.75) is 363 Å². The fourth-order valence-corrected chi connectivity index (χ4v) is 12.0. The van der Waals surface area contributed by atoms with Crippen molar-refractivity contribution < 1.29 is 80.2 Å². The van der Waals surface area contributed by atoms with Gasteiger partial charge in [0.15, 0.2) is 12.2 Å². The highest BCUT2D eigenvalue weighted by Gasteiger charge is 2.30. The van der Waals surface area contributed by atoms with Crippen LogP contribution >= 0.6 is 15.6 Å². The third-order valence-corrected chi connectivity index (χ3v) is 18.3. The lowest BCUT2D eigenvalue weighted by Gasteiger charge is -2.21. The number of unbranched alkanes of at least 4 members (excludes halogenated alkanes) is 32. The molecule has 6 atom stereocenters. The number of carbonyl (C=O) groups is 4. The molecule has 0 rings (SSSR count). The Hall–Kier alpha value is -1.94. The van der Waals surface area contributed by atoms with E-state index in [1.807, 2.05) is 0 Å². The van der Waals surface area contributed by atoms with Crippen LogP contribution in [0, 0.1) is 23.7 Å². The molecule has 0 aromatic heterocycles. The standard InChI is InChI=1S/C70H136O17P2/c1-9-63(8)49-41-33-24-20-21-25-34-42-50-67(72)80-56-65(86-70(75)53-45-37-27-19-15-14-17-23-31-39-47-61(4)5)58-84-88(76,77)82-54-64(71)55-83-89(78,79)85-59-66(57-81-68(73)51-43-35-29-28-32-40-48-62(6)7)87-69(74)52-44-36-26-18-13-11-10-12-16-22-30-38-46-60(2)3/h60-66,71H,9-59H2,1-8H3,(H,76,77)(H,78,79)/t63?,64-,65-,66-/m1/s1. The number of esters is 4. The predicted molar refractivity (Wildman–Crippen MR) is 358 cm³/mol. The van der Waals surface area contributed by atoms with Gasteiger partial charge >= 0.3 is 39.5 Å². The largest absolute Gasteiger partial charge is 0.472 e. The summed E-state index contributed by atoms with van der Waals surface area (Å²) in [6.45, 7) is 14.1. The van der Waals surface area contributed by atoms with Gasteiger partial charge in [0.1, 0.15) is 19.3 Å². The van der Waals surface area contributed by atoms with E-state index in [1.54, 1.807) is 0 Å². The van der Waals surface area contributed by atoms with Gasteiger partial charge in [-0.05, 0) is 49.4 Å². The van der Waals surface area contributed by atoms with E-state index in [0.29, 0.717) is 31.6 Å². The molecule has 0 aliphatic rings. The second-order valence-corrected chi connectivity index (χ2v) is 29.8. The van der Waals surface area contributed by atoms with Gasteiger partial charge in [0.25, 0.3) is 0 Å². The van der Waals surface area contributed by atoms with Crippen LogP contribution < -0.4 is 0 Å². The number of rotatable bonds is 67. The van der Waals surface area contributed by atoms with Crippen molar-refractivity contribution >= 4 is 39.5 Å². The second-order valence-electron chi connectivity index (χ2n) is 26.9. The summed E-state index contributed by atoms with van der Waals surface area (Å²) in [6.07, 6.45) is 41.7. The lowest BCUT2D eigenvalue weighted by molar-refractivity contribution is -0.161. The van der Waals surface area contributed by atoms with Gasteiger partial charge in [0.05, 0.1) is 26.4 Å². The summed E-state index contributed by atoms with van der Waals surface area (Å²) in [5, 5.41) is 10.6. The van der Waals surface area contributed by atoms with E-state index >= 15 is 0 Å². The minimum absolute atomic E-state index is 0.105. The monoisotopic (exact) mass is 1310 g/mol. The molecule has 3 unspecified atom stereocenters. The Morgan fingerprint density at radius 3 is 0.798 bits per heavy atom. The van der Waals surface area contributed by atoms with Gasteiger partial charge in [0.2, 0.25) is 0 Å². The first-order valence-corrected chi connectivity index (χ1v) is 39.2. The number of carbonyl (C=O) groups excluding carboxylic acids is 4. The zero-order chi connectivity index (χ0) is 66.1. The minimum Gasteiger partial charge on any atom is -0.462 e. The van der Waals surface area contributed by atoms with E-state index in [0.717, 1.165) is 114 Å². The number of hydrogen-bond acceptors (Lipinski definition) is 15. The molecule has 0 aromatic carbocycles. The fraction of sp³-hybridized carbons (Fsp3) is 0.943. The van der Waals surface area contributed by atoms with Crippen molar-refractivity contribution in [1.29, 1.82) is 0 Å². The molecular weight excluding hydrogens is 1170 g/mol. The first kappa shape index (κ1) is 87.1. The molecule has 0 aliphatic heterocycles. The van der Waals surface area contributed by atoms with Crippen molar-refractivity contribution in [2.75, 3.05) is 39.6 Å². The molecule has 0 heterocycles. The lowest BCUT2D eigenvalue weighted by Crippen LogP contribution is -2.30. The normalized spacial score (nSPS) is 14.6. The van der Waals surface area contributed by atoms with Crippen molar-refractivity contribution in [3.05, 3.63) is 0 Å². The highest BCUT2D eigenvalue weighted by atomic mass is 31.2. The first-order valence-electron chi connectivity index (χ1n) is 36.2. The van der Waals surface area contributed by atoms with Crippen LogP contribution in [0.1, 0.15) is 344 Å². The SMILES string of the molecule is CCC(C)CCCCCCCCCCC(=O)OC[C@H](COP(=O)(O)OC[C@@H](O)COP(=O)(O)OC[C@@H](COC(=O)CCCCCCCCC(C)C)OC(=O)CCCCCCCCCCCCCCC(C)C)OC(=O)CCCCCCCCCCCCC(C)C. The van der Waals surface area contributed by atoms with Gasteiger partial charge in [-0.2, -0.15) is 0 Å². The van der Waals surface area contributed by atoms with Gasteiger partial charge in [0, 0.05) is 25.7 Å². The quantitative estimate of drug-likeness (QED) is 0.0222. The van der Waals surface area contributed by atoms with E-state index in [1.165, 1.54) is 141 Å². The molecular formula is C70H136O17P2. The summed E-state index contributed by atoms with van der Waals surface area (Å²) in [5.41, 5.74) is 0. The van der Waals surface area contributed by atoms with Gasteiger partial charge in [-0.1, -0.05) is 293 Å². The molecule has 0 amide bonds. The molecule has 528 valence electrons. The van der Waals surface area contributed by atoms with Crippen LogP contribution in [0.5, 0.6) is 0 Å². The van der Waals surface area contributed by atoms with Crippen molar-refractivity contribution in [3.63, 3.8) is 0 Å². The predicted octanol–water partition coefficient (Wildman–Crippen LogP) is 19.7. The van der Waals surface area contributed by atoms with Crippen molar-refractivity contribution in [2.24, 2.45) is 23.7 Å². The molecule has 0 radical (unpaired) electrons. The van der Waals surface area contributed by atoms with Gasteiger partial charge < -0.3 is 33.8 Å². The summed E-state index contributed by atoms with van der Waals surface area (Å²) >= 11 is 0. The third kappa shape index (κ3) is 63.2. The number of aliphatic hydroxyl groups is 1. The molecule has 89 heavy (non-hydrogen) atoms. The molecule has 0 saturated heterocycles. The van der Waals surface area contributed by atoms with E-state index in [-0.39, 0.29) is 25.7 Å². The summed E-state index contributed by atoms with van der Waals surface area (Å²) in [6, 6.07) is 0. The van der Waals surface area contributed by atoms with Crippen LogP contribution in [-0.2, 0) is 65.4 Å². The molecule has 0 bridgehead atoms. The highest BCUT2D eigenvalue weighted by Crippen LogP contribution is 2.45. The maximum Gasteiger partial charge on any atom is 0.472 e. The Labute approximate surface area is 543 Å². The summed E-state index contributed by atoms with van der Waals surface area (Å²) in [5.74, 6) is 0.855. The number of aliphatic hydroxyl groups excluding tert-OH is 1. The van der Waals surface area contributed by atoms with Gasteiger partial charge in [-0.15, -0.1) is 0 Å². The Morgan fingerprint density at radius 2 is 0.539 bits per heavy atom. The maximum absolute atomic E-state index is 13.0. The Morgan fingerprint density at radius 1 is 0.315 bits per heavy atom.